The first kappa shape index (κ1) is 14.7. The second-order valence-electron chi connectivity index (χ2n) is 5.41. The lowest BCUT2D eigenvalue weighted by molar-refractivity contribution is 0.414. The highest BCUT2D eigenvalue weighted by molar-refractivity contribution is 5.80. The van der Waals surface area contributed by atoms with Crippen LogP contribution < -0.4 is 15.4 Å². The van der Waals surface area contributed by atoms with E-state index in [2.05, 4.69) is 34.7 Å². The maximum absolute atomic E-state index is 5.16. The quantitative estimate of drug-likeness (QED) is 0.475. The lowest BCUT2D eigenvalue weighted by Crippen LogP contribution is -2.39. The van der Waals surface area contributed by atoms with Crippen LogP contribution in [0.3, 0.4) is 0 Å². The Balaban J connectivity index is 1.64. The monoisotopic (exact) mass is 275 g/mol. The van der Waals surface area contributed by atoms with E-state index in [-0.39, 0.29) is 0 Å². The van der Waals surface area contributed by atoms with Gasteiger partial charge in [-0.2, -0.15) is 0 Å². The minimum absolute atomic E-state index is 0.614. The number of guanidine groups is 1. The normalized spacial score (nSPS) is 21.4. The molecule has 0 spiro atoms. The van der Waals surface area contributed by atoms with E-state index in [1.165, 1.54) is 12.0 Å². The summed E-state index contributed by atoms with van der Waals surface area (Å²) in [5, 5.41) is 6.79. The Kier molecular flexibility index (Phi) is 5.27. The Hall–Kier alpha value is -1.71. The van der Waals surface area contributed by atoms with Crippen LogP contribution in [0, 0.1) is 5.92 Å². The highest BCUT2D eigenvalue weighted by Gasteiger charge is 2.32. The van der Waals surface area contributed by atoms with Gasteiger partial charge in [-0.15, -0.1) is 0 Å². The molecule has 1 aromatic carbocycles. The third-order valence-corrected chi connectivity index (χ3v) is 3.75. The Labute approximate surface area is 121 Å². The second kappa shape index (κ2) is 7.17. The maximum Gasteiger partial charge on any atom is 0.191 e. The van der Waals surface area contributed by atoms with Crippen molar-refractivity contribution < 1.29 is 4.74 Å². The van der Waals surface area contributed by atoms with Crippen LogP contribution in [-0.2, 0) is 6.42 Å². The minimum atomic E-state index is 0.614. The van der Waals surface area contributed by atoms with Crippen molar-refractivity contribution in [2.45, 2.75) is 32.2 Å². The molecular weight excluding hydrogens is 250 g/mol. The number of nitrogens with zero attached hydrogens (tertiary/aromatic N) is 1. The van der Waals surface area contributed by atoms with E-state index >= 15 is 0 Å². The van der Waals surface area contributed by atoms with E-state index in [9.17, 15) is 0 Å². The summed E-state index contributed by atoms with van der Waals surface area (Å²) in [5.41, 5.74) is 1.34. The van der Waals surface area contributed by atoms with Crippen molar-refractivity contribution in [2.75, 3.05) is 20.7 Å². The van der Waals surface area contributed by atoms with Crippen molar-refractivity contribution in [1.82, 2.24) is 10.6 Å². The summed E-state index contributed by atoms with van der Waals surface area (Å²) in [6.45, 7) is 3.20. The fourth-order valence-corrected chi connectivity index (χ4v) is 2.18. The third-order valence-electron chi connectivity index (χ3n) is 3.75. The van der Waals surface area contributed by atoms with E-state index in [0.717, 1.165) is 37.0 Å². The molecular formula is C16H25N3O. The molecule has 4 heteroatoms. The Morgan fingerprint density at radius 1 is 1.35 bits per heavy atom. The van der Waals surface area contributed by atoms with Gasteiger partial charge in [0.05, 0.1) is 7.11 Å². The summed E-state index contributed by atoms with van der Waals surface area (Å²) in [6.07, 6.45) is 3.41. The molecule has 1 fully saturated rings. The van der Waals surface area contributed by atoms with Crippen LogP contribution in [0.1, 0.15) is 25.3 Å². The first-order valence-electron chi connectivity index (χ1n) is 7.33. The molecule has 0 saturated heterocycles. The molecule has 1 aliphatic rings. The average molecular weight is 275 g/mol. The number of ether oxygens (including phenoxy) is 1. The third kappa shape index (κ3) is 4.44. The highest BCUT2D eigenvalue weighted by Crippen LogP contribution is 2.28. The van der Waals surface area contributed by atoms with Gasteiger partial charge in [-0.05, 0) is 42.9 Å². The summed E-state index contributed by atoms with van der Waals surface area (Å²) in [6, 6.07) is 8.88. The zero-order valence-electron chi connectivity index (χ0n) is 12.6. The van der Waals surface area contributed by atoms with Gasteiger partial charge in [0.1, 0.15) is 5.75 Å². The summed E-state index contributed by atoms with van der Waals surface area (Å²) in [5.74, 6) is 2.62. The van der Waals surface area contributed by atoms with Gasteiger partial charge < -0.3 is 15.4 Å². The van der Waals surface area contributed by atoms with Crippen LogP contribution >= 0.6 is 0 Å². The zero-order chi connectivity index (χ0) is 14.4. The van der Waals surface area contributed by atoms with Crippen LogP contribution in [-0.4, -0.2) is 32.7 Å². The van der Waals surface area contributed by atoms with E-state index in [0.29, 0.717) is 6.04 Å². The molecule has 0 heterocycles. The molecule has 0 aromatic heterocycles. The van der Waals surface area contributed by atoms with Crippen molar-refractivity contribution in [3.05, 3.63) is 29.8 Å². The number of methoxy groups -OCH3 is 1. The molecule has 0 bridgehead atoms. The van der Waals surface area contributed by atoms with Crippen molar-refractivity contribution in [1.29, 1.82) is 0 Å². The predicted octanol–water partition coefficient (Wildman–Crippen LogP) is 2.20. The van der Waals surface area contributed by atoms with Gasteiger partial charge in [-0.25, -0.2) is 0 Å². The molecule has 0 aliphatic heterocycles. The Morgan fingerprint density at radius 2 is 2.05 bits per heavy atom. The summed E-state index contributed by atoms with van der Waals surface area (Å²) < 4.78 is 5.16. The van der Waals surface area contributed by atoms with Gasteiger partial charge in [0, 0.05) is 19.6 Å². The number of hydrogen-bond donors (Lipinski definition) is 2. The van der Waals surface area contributed by atoms with Gasteiger partial charge in [0.25, 0.3) is 0 Å². The van der Waals surface area contributed by atoms with Crippen molar-refractivity contribution in [3.63, 3.8) is 0 Å². The van der Waals surface area contributed by atoms with E-state index < -0.39 is 0 Å². The summed E-state index contributed by atoms with van der Waals surface area (Å²) >= 11 is 0. The fourth-order valence-electron chi connectivity index (χ4n) is 2.18. The van der Waals surface area contributed by atoms with Gasteiger partial charge >= 0.3 is 0 Å². The van der Waals surface area contributed by atoms with Crippen LogP contribution in [0.2, 0.25) is 0 Å². The fraction of sp³-hybridized carbons (Fsp3) is 0.562. The largest absolute Gasteiger partial charge is 0.497 e. The molecule has 2 unspecified atom stereocenters. The molecule has 2 rings (SSSR count). The van der Waals surface area contributed by atoms with Crippen LogP contribution in [0.5, 0.6) is 5.75 Å². The number of hydrogen-bond acceptors (Lipinski definition) is 2. The molecule has 0 radical (unpaired) electrons. The predicted molar refractivity (Wildman–Crippen MR) is 83.4 cm³/mol. The zero-order valence-corrected chi connectivity index (χ0v) is 12.6. The first-order valence-corrected chi connectivity index (χ1v) is 7.33. The van der Waals surface area contributed by atoms with E-state index in [1.807, 2.05) is 19.2 Å². The lowest BCUT2D eigenvalue weighted by atomic mass is 10.1. The molecule has 20 heavy (non-hydrogen) atoms. The molecule has 1 aromatic rings. The van der Waals surface area contributed by atoms with Gasteiger partial charge in [-0.3, -0.25) is 4.99 Å². The second-order valence-corrected chi connectivity index (χ2v) is 5.41. The van der Waals surface area contributed by atoms with E-state index in [1.54, 1.807) is 7.11 Å². The molecule has 1 aliphatic carbocycles. The summed E-state index contributed by atoms with van der Waals surface area (Å²) in [7, 11) is 3.52. The molecule has 110 valence electrons. The van der Waals surface area contributed by atoms with Crippen molar-refractivity contribution in [3.8, 4) is 5.75 Å². The number of nitrogens with one attached hydrogen (secondary N) is 2. The molecule has 1 saturated carbocycles. The molecule has 0 amide bonds. The standard InChI is InChI=1S/C16H25N3O/c1-12-11-15(12)19-16(17-2)18-10-4-5-13-6-8-14(20-3)9-7-13/h6-9,12,15H,4-5,10-11H2,1-3H3,(H2,17,18,19). The molecule has 2 N–H and O–H groups in total. The number of aryl methyl sites for hydroxylation is 1. The topological polar surface area (TPSA) is 45.7 Å². The lowest BCUT2D eigenvalue weighted by Gasteiger charge is -2.11. The first-order chi connectivity index (χ1) is 9.72. The SMILES string of the molecule is CN=C(NCCCc1ccc(OC)cc1)NC1CC1C. The highest BCUT2D eigenvalue weighted by atomic mass is 16.5. The molecule has 4 nitrogen and oxygen atoms in total. The molecule has 2 atom stereocenters. The smallest absolute Gasteiger partial charge is 0.191 e. The number of rotatable bonds is 6. The summed E-state index contributed by atoms with van der Waals surface area (Å²) in [4.78, 5) is 4.25. The number of aliphatic imine (C=N–C) groups is 1. The van der Waals surface area contributed by atoms with Crippen LogP contribution in [0.25, 0.3) is 0 Å². The van der Waals surface area contributed by atoms with Gasteiger partial charge in [0.2, 0.25) is 0 Å². The van der Waals surface area contributed by atoms with Crippen molar-refractivity contribution in [2.24, 2.45) is 10.9 Å². The average Bonchev–Trinajstić information content (AvgIpc) is 3.18. The van der Waals surface area contributed by atoms with E-state index in [4.69, 9.17) is 4.74 Å². The Bertz CT molecular complexity index is 442. The Morgan fingerprint density at radius 3 is 2.60 bits per heavy atom. The van der Waals surface area contributed by atoms with Gasteiger partial charge in [0.15, 0.2) is 5.96 Å². The minimum Gasteiger partial charge on any atom is -0.497 e. The van der Waals surface area contributed by atoms with Crippen molar-refractivity contribution >= 4 is 5.96 Å². The van der Waals surface area contributed by atoms with Gasteiger partial charge in [-0.1, -0.05) is 19.1 Å². The van der Waals surface area contributed by atoms with Crippen LogP contribution in [0.15, 0.2) is 29.3 Å². The maximum atomic E-state index is 5.16. The number of benzene rings is 1. The van der Waals surface area contributed by atoms with Crippen LogP contribution in [0.4, 0.5) is 0 Å².